The molecule has 1 N–H and O–H groups in total. The molecule has 0 atom stereocenters. The lowest BCUT2D eigenvalue weighted by atomic mass is 10.0. The molecule has 2 aromatic carbocycles. The molecule has 1 amide bonds. The van der Waals surface area contributed by atoms with Gasteiger partial charge in [-0.25, -0.2) is 17.8 Å². The van der Waals surface area contributed by atoms with E-state index in [-0.39, 0.29) is 27.4 Å². The van der Waals surface area contributed by atoms with E-state index in [9.17, 15) is 17.6 Å². The summed E-state index contributed by atoms with van der Waals surface area (Å²) in [5, 5.41) is 7.02. The highest BCUT2D eigenvalue weighted by Crippen LogP contribution is 2.29. The van der Waals surface area contributed by atoms with Crippen LogP contribution < -0.4 is 5.32 Å². The number of aryl methyl sites for hydroxylation is 1. The lowest BCUT2D eigenvalue weighted by Crippen LogP contribution is -2.30. The molecule has 0 spiro atoms. The van der Waals surface area contributed by atoms with E-state index >= 15 is 0 Å². The van der Waals surface area contributed by atoms with Gasteiger partial charge in [-0.1, -0.05) is 37.2 Å². The summed E-state index contributed by atoms with van der Waals surface area (Å²) >= 11 is 0. The SMILES string of the molecule is CCN(CC)S(=O)(=O)c1cccc(NC(=O)c2cc(-c3ccccc3F)nc3onc(C)c23)c1. The van der Waals surface area contributed by atoms with Crippen LogP contribution in [-0.4, -0.2) is 41.9 Å². The summed E-state index contributed by atoms with van der Waals surface area (Å²) in [6.07, 6.45) is 0. The third-order valence-electron chi connectivity index (χ3n) is 5.45. The quantitative estimate of drug-likeness (QED) is 0.412. The Morgan fingerprint density at radius 3 is 2.53 bits per heavy atom. The predicted molar refractivity (Wildman–Crippen MR) is 126 cm³/mol. The number of sulfonamides is 1. The van der Waals surface area contributed by atoms with Crippen molar-refractivity contribution < 1.29 is 22.1 Å². The number of nitrogens with one attached hydrogen (secondary N) is 1. The van der Waals surface area contributed by atoms with Crippen molar-refractivity contribution in [2.24, 2.45) is 0 Å². The van der Waals surface area contributed by atoms with Crippen LogP contribution in [0.2, 0.25) is 0 Å². The van der Waals surface area contributed by atoms with Crippen LogP contribution in [0.1, 0.15) is 29.9 Å². The Morgan fingerprint density at radius 1 is 1.09 bits per heavy atom. The number of benzene rings is 2. The second-order valence-corrected chi connectivity index (χ2v) is 9.49. The van der Waals surface area contributed by atoms with Crippen LogP contribution >= 0.6 is 0 Å². The first-order valence-corrected chi connectivity index (χ1v) is 12.1. The highest BCUT2D eigenvalue weighted by atomic mass is 32.2. The minimum absolute atomic E-state index is 0.0714. The van der Waals surface area contributed by atoms with E-state index in [1.165, 1.54) is 28.6 Å². The predicted octanol–water partition coefficient (Wildman–Crippen LogP) is 4.62. The van der Waals surface area contributed by atoms with Gasteiger partial charge in [-0.15, -0.1) is 0 Å². The molecule has 0 bridgehead atoms. The van der Waals surface area contributed by atoms with Crippen molar-refractivity contribution in [1.82, 2.24) is 14.4 Å². The number of anilines is 1. The maximum absolute atomic E-state index is 14.4. The molecule has 0 aliphatic heterocycles. The Bertz CT molecular complexity index is 1480. The average Bonchev–Trinajstić information content (AvgIpc) is 3.20. The molecule has 10 heteroatoms. The molecule has 4 rings (SSSR count). The Balaban J connectivity index is 1.75. The van der Waals surface area contributed by atoms with Crippen LogP contribution in [0.3, 0.4) is 0 Å². The zero-order valence-corrected chi connectivity index (χ0v) is 19.7. The zero-order chi connectivity index (χ0) is 24.5. The fourth-order valence-corrected chi connectivity index (χ4v) is 5.23. The molecule has 0 fully saturated rings. The van der Waals surface area contributed by atoms with E-state index < -0.39 is 21.7 Å². The number of nitrogens with zero attached hydrogens (tertiary/aromatic N) is 3. The minimum atomic E-state index is -3.70. The van der Waals surface area contributed by atoms with Gasteiger partial charge in [-0.05, 0) is 43.3 Å². The number of aromatic nitrogens is 2. The molecule has 176 valence electrons. The topological polar surface area (TPSA) is 105 Å². The number of fused-ring (bicyclic) bond motifs is 1. The van der Waals surface area contributed by atoms with Crippen molar-refractivity contribution in [3.63, 3.8) is 0 Å². The summed E-state index contributed by atoms with van der Waals surface area (Å²) in [6, 6.07) is 13.6. The third kappa shape index (κ3) is 4.29. The number of pyridine rings is 1. The fourth-order valence-electron chi connectivity index (χ4n) is 3.73. The fraction of sp³-hybridized carbons (Fsp3) is 0.208. The van der Waals surface area contributed by atoms with Crippen LogP contribution in [0.4, 0.5) is 10.1 Å². The van der Waals surface area contributed by atoms with E-state index in [4.69, 9.17) is 4.52 Å². The second kappa shape index (κ2) is 9.32. The van der Waals surface area contributed by atoms with Crippen LogP contribution in [0.25, 0.3) is 22.4 Å². The van der Waals surface area contributed by atoms with Crippen molar-refractivity contribution in [2.45, 2.75) is 25.7 Å². The summed E-state index contributed by atoms with van der Waals surface area (Å²) < 4.78 is 46.7. The van der Waals surface area contributed by atoms with Crippen LogP contribution in [0.15, 0.2) is 64.0 Å². The van der Waals surface area contributed by atoms with Crippen molar-refractivity contribution >= 4 is 32.7 Å². The van der Waals surface area contributed by atoms with Gasteiger partial charge in [0.2, 0.25) is 10.0 Å². The first-order chi connectivity index (χ1) is 16.3. The lowest BCUT2D eigenvalue weighted by Gasteiger charge is -2.19. The summed E-state index contributed by atoms with van der Waals surface area (Å²) in [7, 11) is -3.70. The van der Waals surface area contributed by atoms with Gasteiger partial charge in [0, 0.05) is 24.3 Å². The molecule has 8 nitrogen and oxygen atoms in total. The van der Waals surface area contributed by atoms with Gasteiger partial charge in [0.15, 0.2) is 0 Å². The van der Waals surface area contributed by atoms with Gasteiger partial charge in [-0.3, -0.25) is 4.79 Å². The van der Waals surface area contributed by atoms with E-state index in [0.717, 1.165) is 0 Å². The normalized spacial score (nSPS) is 11.8. The van der Waals surface area contributed by atoms with Crippen molar-refractivity contribution in [3.05, 3.63) is 71.7 Å². The van der Waals surface area contributed by atoms with Crippen LogP contribution in [0.5, 0.6) is 0 Å². The molecule has 0 radical (unpaired) electrons. The molecule has 2 heterocycles. The van der Waals surface area contributed by atoms with Crippen LogP contribution in [-0.2, 0) is 10.0 Å². The van der Waals surface area contributed by atoms with E-state index in [1.807, 2.05) is 0 Å². The zero-order valence-electron chi connectivity index (χ0n) is 18.9. The van der Waals surface area contributed by atoms with Gasteiger partial charge in [0.25, 0.3) is 11.6 Å². The van der Waals surface area contributed by atoms with E-state index in [1.54, 1.807) is 51.1 Å². The Hall–Kier alpha value is -3.63. The van der Waals surface area contributed by atoms with Crippen molar-refractivity contribution in [3.8, 4) is 11.3 Å². The first kappa shape index (κ1) is 23.5. The number of hydrogen-bond donors (Lipinski definition) is 1. The number of hydrogen-bond acceptors (Lipinski definition) is 6. The number of carbonyl (C=O) groups is 1. The number of rotatable bonds is 7. The summed E-state index contributed by atoms with van der Waals surface area (Å²) in [5.74, 6) is -1.03. The van der Waals surface area contributed by atoms with Crippen LogP contribution in [0, 0.1) is 12.7 Å². The number of carbonyl (C=O) groups excluding carboxylic acids is 1. The van der Waals surface area contributed by atoms with Gasteiger partial charge in [0.1, 0.15) is 5.82 Å². The van der Waals surface area contributed by atoms with Crippen molar-refractivity contribution in [1.29, 1.82) is 0 Å². The molecule has 0 aliphatic carbocycles. The summed E-state index contributed by atoms with van der Waals surface area (Å²) in [5.41, 5.74) is 1.44. The second-order valence-electron chi connectivity index (χ2n) is 7.55. The molecule has 34 heavy (non-hydrogen) atoms. The molecule has 4 aromatic rings. The first-order valence-electron chi connectivity index (χ1n) is 10.7. The molecular formula is C24H23FN4O4S. The maximum atomic E-state index is 14.4. The highest BCUT2D eigenvalue weighted by Gasteiger charge is 2.23. The molecular weight excluding hydrogens is 459 g/mol. The Kier molecular flexibility index (Phi) is 6.45. The third-order valence-corrected chi connectivity index (χ3v) is 7.49. The maximum Gasteiger partial charge on any atom is 0.259 e. The van der Waals surface area contributed by atoms with Gasteiger partial charge < -0.3 is 9.84 Å². The lowest BCUT2D eigenvalue weighted by molar-refractivity contribution is 0.102. The van der Waals surface area contributed by atoms with Gasteiger partial charge in [-0.2, -0.15) is 4.31 Å². The van der Waals surface area contributed by atoms with E-state index in [0.29, 0.717) is 29.9 Å². The summed E-state index contributed by atoms with van der Waals surface area (Å²) in [4.78, 5) is 17.7. The van der Waals surface area contributed by atoms with Crippen molar-refractivity contribution in [2.75, 3.05) is 18.4 Å². The largest absolute Gasteiger partial charge is 0.335 e. The standard InChI is InChI=1S/C24H23FN4O4S/c1-4-29(5-2)34(31,32)17-10-8-9-16(13-17)26-23(30)19-14-21(18-11-6-7-12-20(18)25)27-24-22(19)15(3)28-33-24/h6-14H,4-5H2,1-3H3,(H,26,30). The average molecular weight is 483 g/mol. The minimum Gasteiger partial charge on any atom is -0.335 e. The van der Waals surface area contributed by atoms with E-state index in [2.05, 4.69) is 15.5 Å². The molecule has 0 saturated heterocycles. The molecule has 2 aromatic heterocycles. The van der Waals surface area contributed by atoms with Gasteiger partial charge >= 0.3 is 0 Å². The molecule has 0 unspecified atom stereocenters. The smallest absolute Gasteiger partial charge is 0.259 e. The molecule has 0 aliphatic rings. The van der Waals surface area contributed by atoms with Gasteiger partial charge in [0.05, 0.1) is 27.2 Å². The monoisotopic (exact) mass is 482 g/mol. The molecule has 0 saturated carbocycles. The number of halogens is 1. The number of amides is 1. The highest BCUT2D eigenvalue weighted by molar-refractivity contribution is 7.89. The summed E-state index contributed by atoms with van der Waals surface area (Å²) in [6.45, 7) is 5.85. The Morgan fingerprint density at radius 2 is 1.82 bits per heavy atom. The Labute approximate surface area is 196 Å².